The van der Waals surface area contributed by atoms with Crippen LogP contribution in [0.4, 0.5) is 10.5 Å². The number of benzene rings is 1. The van der Waals surface area contributed by atoms with Crippen molar-refractivity contribution >= 4 is 17.5 Å². The van der Waals surface area contributed by atoms with Gasteiger partial charge in [-0.3, -0.25) is 4.79 Å². The van der Waals surface area contributed by atoms with Crippen LogP contribution in [0.2, 0.25) is 0 Å². The summed E-state index contributed by atoms with van der Waals surface area (Å²) in [6.07, 6.45) is 4.64. The van der Waals surface area contributed by atoms with E-state index in [-0.39, 0.29) is 17.9 Å². The first-order valence-electron chi connectivity index (χ1n) is 7.25. The molecule has 108 valence electrons. The van der Waals surface area contributed by atoms with Crippen molar-refractivity contribution in [3.05, 3.63) is 29.8 Å². The maximum absolute atomic E-state index is 12.0. The molecule has 1 aliphatic rings. The quantitative estimate of drug-likeness (QED) is 0.827. The maximum Gasteiger partial charge on any atom is 0.319 e. The van der Waals surface area contributed by atoms with Gasteiger partial charge in [-0.2, -0.15) is 0 Å². The summed E-state index contributed by atoms with van der Waals surface area (Å²) in [5, 5.41) is 5.83. The monoisotopic (exact) mass is 274 g/mol. The molecule has 0 aliphatic heterocycles. The van der Waals surface area contributed by atoms with Crippen molar-refractivity contribution < 1.29 is 9.59 Å². The number of rotatable bonds is 3. The van der Waals surface area contributed by atoms with E-state index in [4.69, 9.17) is 0 Å². The molecule has 0 aromatic heterocycles. The van der Waals surface area contributed by atoms with Crippen molar-refractivity contribution in [3.63, 3.8) is 0 Å². The number of anilines is 1. The highest BCUT2D eigenvalue weighted by atomic mass is 16.2. The van der Waals surface area contributed by atoms with Crippen molar-refractivity contribution in [2.45, 2.75) is 45.6 Å². The lowest BCUT2D eigenvalue weighted by Crippen LogP contribution is -2.43. The van der Waals surface area contributed by atoms with E-state index in [0.717, 1.165) is 6.42 Å². The lowest BCUT2D eigenvalue weighted by Gasteiger charge is -2.29. The second kappa shape index (κ2) is 6.55. The topological polar surface area (TPSA) is 58.2 Å². The number of hydrogen-bond donors (Lipinski definition) is 2. The van der Waals surface area contributed by atoms with E-state index in [2.05, 4.69) is 17.6 Å². The van der Waals surface area contributed by atoms with E-state index in [1.807, 2.05) is 0 Å². The summed E-state index contributed by atoms with van der Waals surface area (Å²) >= 11 is 0. The van der Waals surface area contributed by atoms with E-state index in [9.17, 15) is 9.59 Å². The SMILES string of the molecule is CC(=O)c1cccc(NC(=O)N[C@@H]2CCCC[C@@H]2C)c1. The Bertz CT molecular complexity index is 499. The Balaban J connectivity index is 1.94. The Kier molecular flexibility index (Phi) is 4.77. The minimum atomic E-state index is -0.190. The minimum absolute atomic E-state index is 0.00467. The molecular formula is C16H22N2O2. The Morgan fingerprint density at radius 3 is 2.65 bits per heavy atom. The van der Waals surface area contributed by atoms with Crippen molar-refractivity contribution in [3.8, 4) is 0 Å². The van der Waals surface area contributed by atoms with E-state index in [1.165, 1.54) is 26.2 Å². The summed E-state index contributed by atoms with van der Waals surface area (Å²) in [6.45, 7) is 3.70. The fraction of sp³-hybridized carbons (Fsp3) is 0.500. The molecule has 0 spiro atoms. The normalized spacial score (nSPS) is 22.1. The molecule has 1 saturated carbocycles. The molecule has 4 heteroatoms. The van der Waals surface area contributed by atoms with Gasteiger partial charge in [0.2, 0.25) is 0 Å². The van der Waals surface area contributed by atoms with Crippen LogP contribution < -0.4 is 10.6 Å². The smallest absolute Gasteiger partial charge is 0.319 e. The van der Waals surface area contributed by atoms with Gasteiger partial charge < -0.3 is 10.6 Å². The molecule has 1 aromatic rings. The Morgan fingerprint density at radius 1 is 1.20 bits per heavy atom. The van der Waals surface area contributed by atoms with Crippen LogP contribution in [-0.2, 0) is 0 Å². The fourth-order valence-electron chi connectivity index (χ4n) is 2.68. The Morgan fingerprint density at radius 2 is 1.95 bits per heavy atom. The molecule has 0 saturated heterocycles. The number of amides is 2. The van der Waals surface area contributed by atoms with Gasteiger partial charge >= 0.3 is 6.03 Å². The number of urea groups is 1. The van der Waals surface area contributed by atoms with E-state index in [1.54, 1.807) is 24.3 Å². The molecular weight excluding hydrogens is 252 g/mol. The number of nitrogens with one attached hydrogen (secondary N) is 2. The summed E-state index contributed by atoms with van der Waals surface area (Å²) in [5.41, 5.74) is 1.26. The third-order valence-corrected chi connectivity index (χ3v) is 3.95. The largest absolute Gasteiger partial charge is 0.335 e. The van der Waals surface area contributed by atoms with Crippen LogP contribution >= 0.6 is 0 Å². The van der Waals surface area contributed by atoms with Crippen LogP contribution in [0.1, 0.15) is 49.9 Å². The summed E-state index contributed by atoms with van der Waals surface area (Å²) in [6, 6.07) is 7.07. The zero-order chi connectivity index (χ0) is 14.5. The first-order valence-corrected chi connectivity index (χ1v) is 7.25. The highest BCUT2D eigenvalue weighted by Gasteiger charge is 2.22. The predicted octanol–water partition coefficient (Wildman–Crippen LogP) is 3.59. The Hall–Kier alpha value is -1.84. The summed E-state index contributed by atoms with van der Waals surface area (Å²) in [5.74, 6) is 0.521. The second-order valence-corrected chi connectivity index (χ2v) is 5.60. The number of ketones is 1. The molecule has 1 aromatic carbocycles. The summed E-state index contributed by atoms with van der Waals surface area (Å²) in [4.78, 5) is 23.3. The average Bonchev–Trinajstić information content (AvgIpc) is 2.41. The molecule has 0 radical (unpaired) electrons. The molecule has 2 N–H and O–H groups in total. The molecule has 2 amide bonds. The highest BCUT2D eigenvalue weighted by Crippen LogP contribution is 2.23. The van der Waals surface area contributed by atoms with Gasteiger partial charge in [0.25, 0.3) is 0 Å². The minimum Gasteiger partial charge on any atom is -0.335 e. The van der Waals surface area contributed by atoms with Gasteiger partial charge in [-0.1, -0.05) is 31.9 Å². The van der Waals surface area contributed by atoms with Crippen LogP contribution in [-0.4, -0.2) is 17.9 Å². The van der Waals surface area contributed by atoms with Crippen molar-refractivity contribution in [1.29, 1.82) is 0 Å². The van der Waals surface area contributed by atoms with Gasteiger partial charge in [0.1, 0.15) is 0 Å². The van der Waals surface area contributed by atoms with Crippen molar-refractivity contribution in [1.82, 2.24) is 5.32 Å². The first-order chi connectivity index (χ1) is 9.56. The molecule has 0 unspecified atom stereocenters. The molecule has 2 atom stereocenters. The van der Waals surface area contributed by atoms with Crippen LogP contribution in [0.5, 0.6) is 0 Å². The van der Waals surface area contributed by atoms with Gasteiger partial charge in [0.05, 0.1) is 0 Å². The second-order valence-electron chi connectivity index (χ2n) is 5.60. The number of carbonyl (C=O) groups is 2. The predicted molar refractivity (Wildman–Crippen MR) is 80.0 cm³/mol. The zero-order valence-electron chi connectivity index (χ0n) is 12.1. The lowest BCUT2D eigenvalue weighted by atomic mass is 9.86. The third-order valence-electron chi connectivity index (χ3n) is 3.95. The first kappa shape index (κ1) is 14.6. The van der Waals surface area contributed by atoms with Gasteiger partial charge in [-0.05, 0) is 37.8 Å². The van der Waals surface area contributed by atoms with Gasteiger partial charge in [0, 0.05) is 17.3 Å². The number of Topliss-reactive ketones (excluding diaryl/α,β-unsaturated/α-hetero) is 1. The molecule has 2 rings (SSSR count). The van der Waals surface area contributed by atoms with Crippen LogP contribution in [0.15, 0.2) is 24.3 Å². The summed E-state index contributed by atoms with van der Waals surface area (Å²) in [7, 11) is 0. The van der Waals surface area contributed by atoms with Gasteiger partial charge in [-0.25, -0.2) is 4.79 Å². The number of hydrogen-bond acceptors (Lipinski definition) is 2. The molecule has 0 heterocycles. The molecule has 4 nitrogen and oxygen atoms in total. The Labute approximate surface area is 119 Å². The molecule has 1 aliphatic carbocycles. The maximum atomic E-state index is 12.0. The average molecular weight is 274 g/mol. The van der Waals surface area contributed by atoms with Gasteiger partial charge in [0.15, 0.2) is 5.78 Å². The van der Waals surface area contributed by atoms with E-state index in [0.29, 0.717) is 17.2 Å². The lowest BCUT2D eigenvalue weighted by molar-refractivity contribution is 0.101. The van der Waals surface area contributed by atoms with E-state index < -0.39 is 0 Å². The highest BCUT2D eigenvalue weighted by molar-refractivity contribution is 5.96. The van der Waals surface area contributed by atoms with Crippen molar-refractivity contribution in [2.24, 2.45) is 5.92 Å². The molecule has 1 fully saturated rings. The standard InChI is InChI=1S/C16H22N2O2/c1-11-6-3-4-9-15(11)18-16(20)17-14-8-5-7-13(10-14)12(2)19/h5,7-8,10-11,15H,3-4,6,9H2,1-2H3,(H2,17,18,20)/t11-,15+/m0/s1. The van der Waals surface area contributed by atoms with E-state index >= 15 is 0 Å². The number of carbonyl (C=O) groups excluding carboxylic acids is 2. The fourth-order valence-corrected chi connectivity index (χ4v) is 2.68. The zero-order valence-corrected chi connectivity index (χ0v) is 12.1. The van der Waals surface area contributed by atoms with Gasteiger partial charge in [-0.15, -0.1) is 0 Å². The molecule has 20 heavy (non-hydrogen) atoms. The summed E-state index contributed by atoms with van der Waals surface area (Å²) < 4.78 is 0. The third kappa shape index (κ3) is 3.83. The van der Waals surface area contributed by atoms with Crippen LogP contribution in [0.25, 0.3) is 0 Å². The van der Waals surface area contributed by atoms with Crippen LogP contribution in [0.3, 0.4) is 0 Å². The van der Waals surface area contributed by atoms with Crippen LogP contribution in [0, 0.1) is 5.92 Å². The molecule has 0 bridgehead atoms. The van der Waals surface area contributed by atoms with Crippen molar-refractivity contribution in [2.75, 3.05) is 5.32 Å².